The minimum absolute atomic E-state index is 0.228. The minimum atomic E-state index is -4.54. The highest BCUT2D eigenvalue weighted by molar-refractivity contribution is 5.91. The Hall–Kier alpha value is -1.98. The first-order chi connectivity index (χ1) is 12.2. The third kappa shape index (κ3) is 1.61. The highest BCUT2D eigenvalue weighted by atomic mass is 19.4. The summed E-state index contributed by atoms with van der Waals surface area (Å²) in [6.45, 7) is 6.04. The van der Waals surface area contributed by atoms with Crippen LogP contribution in [0.25, 0.3) is 11.1 Å². The van der Waals surface area contributed by atoms with E-state index in [0.717, 1.165) is 29.3 Å². The van der Waals surface area contributed by atoms with E-state index >= 15 is 0 Å². The van der Waals surface area contributed by atoms with Crippen molar-refractivity contribution in [3.05, 3.63) is 58.1 Å². The Labute approximate surface area is 152 Å². The lowest BCUT2D eigenvalue weighted by molar-refractivity contribution is -0.138. The largest absolute Gasteiger partial charge is 0.416 e. The summed E-state index contributed by atoms with van der Waals surface area (Å²) >= 11 is 0. The van der Waals surface area contributed by atoms with Gasteiger partial charge in [-0.1, -0.05) is 26.8 Å². The molecule has 0 nitrogen and oxygen atoms in total. The van der Waals surface area contributed by atoms with Gasteiger partial charge in [-0.05, 0) is 63.9 Å². The lowest BCUT2D eigenvalue weighted by Crippen LogP contribution is -2.73. The molecule has 0 heterocycles. The van der Waals surface area contributed by atoms with Gasteiger partial charge >= 0.3 is 12.4 Å². The zero-order valence-electron chi connectivity index (χ0n) is 14.9. The van der Waals surface area contributed by atoms with Crippen molar-refractivity contribution in [3.63, 3.8) is 0 Å². The maximum atomic E-state index is 13.4. The first-order valence-electron chi connectivity index (χ1n) is 8.73. The summed E-state index contributed by atoms with van der Waals surface area (Å²) in [7, 11) is 0. The molecule has 0 aromatic heterocycles. The van der Waals surface area contributed by atoms with Crippen LogP contribution in [0.15, 0.2) is 30.3 Å². The zero-order chi connectivity index (χ0) is 19.8. The van der Waals surface area contributed by atoms with Crippen LogP contribution in [0.4, 0.5) is 26.3 Å². The normalized spacial score (nSPS) is 29.4. The molecule has 1 fully saturated rings. The Morgan fingerprint density at radius 1 is 0.741 bits per heavy atom. The first kappa shape index (κ1) is 17.1. The number of benzene rings is 2. The molecule has 3 aliphatic carbocycles. The third-order valence-corrected chi connectivity index (χ3v) is 7.11. The van der Waals surface area contributed by atoms with E-state index in [1.165, 1.54) is 12.1 Å². The summed E-state index contributed by atoms with van der Waals surface area (Å²) in [5.74, 6) is 0. The Morgan fingerprint density at radius 2 is 1.33 bits per heavy atom. The minimum Gasteiger partial charge on any atom is -0.166 e. The molecule has 6 heteroatoms. The summed E-state index contributed by atoms with van der Waals surface area (Å²) in [4.78, 5) is 0. The van der Waals surface area contributed by atoms with Crippen molar-refractivity contribution in [2.24, 2.45) is 5.41 Å². The van der Waals surface area contributed by atoms with Gasteiger partial charge < -0.3 is 0 Å². The van der Waals surface area contributed by atoms with Crippen LogP contribution in [-0.4, -0.2) is 0 Å². The Morgan fingerprint density at radius 3 is 1.89 bits per heavy atom. The molecule has 1 unspecified atom stereocenters. The van der Waals surface area contributed by atoms with Crippen molar-refractivity contribution < 1.29 is 26.3 Å². The molecule has 2 aromatic rings. The summed E-state index contributed by atoms with van der Waals surface area (Å²) in [6, 6.07) is 5.78. The number of hydrogen-bond donors (Lipinski definition) is 0. The molecule has 142 valence electrons. The van der Waals surface area contributed by atoms with Gasteiger partial charge in [0.25, 0.3) is 0 Å². The van der Waals surface area contributed by atoms with Crippen molar-refractivity contribution in [2.45, 2.75) is 50.4 Å². The molecule has 0 bridgehead atoms. The standard InChI is InChI=1S/C21H16F6/c1-17(2)9-18(3)15-8-11(21(25,26)27)7-13-12-6-10(20(22,23)24)4-5-14(12)19(17,18)16(13)15/h4-8H,9H2,1-3H3/t18-,19?/m1/s1. The summed E-state index contributed by atoms with van der Waals surface area (Å²) in [6.07, 6.45) is -8.38. The molecule has 0 N–H and O–H groups in total. The molecular weight excluding hydrogens is 366 g/mol. The van der Waals surface area contributed by atoms with Crippen LogP contribution in [0.1, 0.15) is 55.0 Å². The van der Waals surface area contributed by atoms with Crippen LogP contribution < -0.4 is 0 Å². The van der Waals surface area contributed by atoms with Crippen molar-refractivity contribution in [2.75, 3.05) is 0 Å². The van der Waals surface area contributed by atoms with Crippen molar-refractivity contribution >= 4 is 0 Å². The zero-order valence-corrected chi connectivity index (χ0v) is 14.9. The quantitative estimate of drug-likeness (QED) is 0.445. The molecule has 0 amide bonds. The Kier molecular flexibility index (Phi) is 2.67. The molecule has 5 rings (SSSR count). The van der Waals surface area contributed by atoms with Crippen LogP contribution >= 0.6 is 0 Å². The van der Waals surface area contributed by atoms with Crippen LogP contribution in [0, 0.1) is 5.41 Å². The molecule has 3 aliphatic rings. The van der Waals surface area contributed by atoms with Gasteiger partial charge in [0, 0.05) is 10.8 Å². The smallest absolute Gasteiger partial charge is 0.166 e. The van der Waals surface area contributed by atoms with E-state index in [9.17, 15) is 26.3 Å². The fourth-order valence-electron chi connectivity index (χ4n) is 6.56. The van der Waals surface area contributed by atoms with Gasteiger partial charge in [-0.25, -0.2) is 0 Å². The Balaban J connectivity index is 1.88. The number of hydrogen-bond acceptors (Lipinski definition) is 0. The molecule has 2 aromatic carbocycles. The van der Waals surface area contributed by atoms with Crippen molar-refractivity contribution in [3.8, 4) is 11.1 Å². The lowest BCUT2D eigenvalue weighted by Gasteiger charge is -2.75. The van der Waals surface area contributed by atoms with Gasteiger partial charge in [0.2, 0.25) is 0 Å². The summed E-state index contributed by atoms with van der Waals surface area (Å²) in [5, 5.41) is 0. The molecule has 0 radical (unpaired) electrons. The molecule has 1 saturated carbocycles. The second kappa shape index (κ2) is 4.20. The van der Waals surface area contributed by atoms with Crippen LogP contribution in [0.2, 0.25) is 0 Å². The van der Waals surface area contributed by atoms with Crippen LogP contribution in [0.5, 0.6) is 0 Å². The number of halogens is 6. The maximum Gasteiger partial charge on any atom is 0.416 e. The monoisotopic (exact) mass is 382 g/mol. The highest BCUT2D eigenvalue weighted by Gasteiger charge is 2.79. The van der Waals surface area contributed by atoms with E-state index in [-0.39, 0.29) is 5.41 Å². The third-order valence-electron chi connectivity index (χ3n) is 7.11. The molecule has 1 spiro atoms. The van der Waals surface area contributed by atoms with Crippen molar-refractivity contribution in [1.29, 1.82) is 0 Å². The van der Waals surface area contributed by atoms with E-state index in [0.29, 0.717) is 23.1 Å². The topological polar surface area (TPSA) is 0 Å². The van der Waals surface area contributed by atoms with Gasteiger partial charge in [0.15, 0.2) is 0 Å². The predicted molar refractivity (Wildman–Crippen MR) is 88.4 cm³/mol. The number of fused-ring (bicyclic) bond motifs is 3. The van der Waals surface area contributed by atoms with Gasteiger partial charge in [-0.15, -0.1) is 0 Å². The fourth-order valence-corrected chi connectivity index (χ4v) is 6.56. The second-order valence-electron chi connectivity index (χ2n) is 8.85. The van der Waals surface area contributed by atoms with E-state index in [2.05, 4.69) is 0 Å². The van der Waals surface area contributed by atoms with Gasteiger partial charge in [-0.2, -0.15) is 26.3 Å². The average molecular weight is 382 g/mol. The van der Waals surface area contributed by atoms with Gasteiger partial charge in [0.05, 0.1) is 11.1 Å². The SMILES string of the molecule is CC1(C)C[C@]2(C)c3cc(C(F)(F)F)cc4c3C12c1ccc(C(F)(F)F)cc1-4. The second-order valence-corrected chi connectivity index (χ2v) is 8.85. The maximum absolute atomic E-state index is 13.4. The van der Waals surface area contributed by atoms with Gasteiger partial charge in [-0.3, -0.25) is 0 Å². The Bertz CT molecular complexity index is 1030. The fraction of sp³-hybridized carbons (Fsp3) is 0.429. The highest BCUT2D eigenvalue weighted by Crippen LogP contribution is 2.83. The van der Waals surface area contributed by atoms with E-state index in [4.69, 9.17) is 0 Å². The van der Waals surface area contributed by atoms with E-state index in [1.54, 1.807) is 0 Å². The van der Waals surface area contributed by atoms with Crippen LogP contribution in [-0.2, 0) is 23.2 Å². The number of alkyl halides is 6. The molecular formula is C21H16F6. The molecule has 2 atom stereocenters. The average Bonchev–Trinajstić information content (AvgIpc) is 2.83. The number of rotatable bonds is 0. The first-order valence-corrected chi connectivity index (χ1v) is 8.73. The van der Waals surface area contributed by atoms with Crippen LogP contribution in [0.3, 0.4) is 0 Å². The molecule has 0 saturated heterocycles. The summed E-state index contributed by atoms with van der Waals surface area (Å²) < 4.78 is 80.0. The summed E-state index contributed by atoms with van der Waals surface area (Å²) in [5.41, 5.74) is -0.0640. The van der Waals surface area contributed by atoms with Gasteiger partial charge in [0.1, 0.15) is 0 Å². The molecule has 27 heavy (non-hydrogen) atoms. The van der Waals surface area contributed by atoms with Crippen molar-refractivity contribution in [1.82, 2.24) is 0 Å². The van der Waals surface area contributed by atoms with E-state index < -0.39 is 34.3 Å². The van der Waals surface area contributed by atoms with E-state index in [1.807, 2.05) is 20.8 Å². The molecule has 0 aliphatic heterocycles. The predicted octanol–water partition coefficient (Wildman–Crippen LogP) is 6.69. The lowest BCUT2D eigenvalue weighted by atomic mass is 9.27.